The van der Waals surface area contributed by atoms with Crippen molar-refractivity contribution in [3.63, 3.8) is 0 Å². The summed E-state index contributed by atoms with van der Waals surface area (Å²) in [6.45, 7) is 4.95. The Bertz CT molecular complexity index is 323. The van der Waals surface area contributed by atoms with Crippen LogP contribution in [0, 0.1) is 0 Å². The van der Waals surface area contributed by atoms with Gasteiger partial charge in [0.1, 0.15) is 12.2 Å². The molecular formula is C11H22O10. The van der Waals surface area contributed by atoms with Gasteiger partial charge in [-0.05, 0) is 27.7 Å². The van der Waals surface area contributed by atoms with Crippen molar-refractivity contribution in [3.8, 4) is 0 Å². The molecule has 0 aromatic rings. The van der Waals surface area contributed by atoms with Crippen LogP contribution in [-0.2, 0) is 23.9 Å². The largest absolute Gasteiger partial charge is 0.479 e. The minimum atomic E-state index is -1.29. The van der Waals surface area contributed by atoms with E-state index in [2.05, 4.69) is 9.47 Å². The number of rotatable bonds is 5. The molecule has 0 fully saturated rings. The molecule has 0 aromatic carbocycles. The lowest BCUT2D eigenvalue weighted by Gasteiger charge is -2.14. The number of carboxylic acids is 1. The fourth-order valence-corrected chi connectivity index (χ4v) is 0.585. The Labute approximate surface area is 121 Å². The Balaban J connectivity index is -0.000000394. The number of aliphatic hydroxyl groups excluding tert-OH is 3. The predicted molar refractivity (Wildman–Crippen MR) is 67.9 cm³/mol. The molecule has 10 nitrogen and oxygen atoms in total. The van der Waals surface area contributed by atoms with E-state index in [0.717, 1.165) is 0 Å². The third-order valence-corrected chi connectivity index (χ3v) is 1.61. The number of hydrogen-bond acceptors (Lipinski definition) is 8. The number of carbonyl (C=O) groups excluding carboxylic acids is 2. The quantitative estimate of drug-likeness (QED) is 0.323. The molecule has 6 N–H and O–H groups in total. The summed E-state index contributed by atoms with van der Waals surface area (Å²) in [5.41, 5.74) is 0. The second kappa shape index (κ2) is 12.0. The van der Waals surface area contributed by atoms with Crippen molar-refractivity contribution in [2.75, 3.05) is 0 Å². The van der Waals surface area contributed by atoms with Gasteiger partial charge in [-0.15, -0.1) is 0 Å². The van der Waals surface area contributed by atoms with Crippen LogP contribution in [0.5, 0.6) is 0 Å². The van der Waals surface area contributed by atoms with Crippen molar-refractivity contribution in [3.05, 3.63) is 0 Å². The van der Waals surface area contributed by atoms with Crippen molar-refractivity contribution in [1.29, 1.82) is 0 Å². The first kappa shape index (κ1) is 24.3. The summed E-state index contributed by atoms with van der Waals surface area (Å²) in [7, 11) is 0. The average molecular weight is 314 g/mol. The first-order chi connectivity index (χ1) is 8.98. The molecule has 0 bridgehead atoms. The molecule has 0 saturated heterocycles. The van der Waals surface area contributed by atoms with E-state index in [9.17, 15) is 14.4 Å². The summed E-state index contributed by atoms with van der Waals surface area (Å²) in [5.74, 6) is -2.97. The molecule has 4 unspecified atom stereocenters. The van der Waals surface area contributed by atoms with Gasteiger partial charge in [0.15, 0.2) is 12.4 Å². The third kappa shape index (κ3) is 14.5. The Morgan fingerprint density at radius 1 is 0.810 bits per heavy atom. The topological polar surface area (TPSA) is 182 Å². The molecule has 10 heteroatoms. The summed E-state index contributed by atoms with van der Waals surface area (Å²) in [4.78, 5) is 31.2. The van der Waals surface area contributed by atoms with Crippen LogP contribution in [0.15, 0.2) is 0 Å². The third-order valence-electron chi connectivity index (χ3n) is 1.61. The van der Waals surface area contributed by atoms with Crippen LogP contribution in [0.3, 0.4) is 0 Å². The molecule has 0 aromatic heterocycles. The van der Waals surface area contributed by atoms with Gasteiger partial charge in [-0.3, -0.25) is 0 Å². The van der Waals surface area contributed by atoms with Crippen molar-refractivity contribution >= 4 is 17.9 Å². The minimum absolute atomic E-state index is 0. The zero-order valence-electron chi connectivity index (χ0n) is 12.1. The van der Waals surface area contributed by atoms with Gasteiger partial charge < -0.3 is 35.4 Å². The highest BCUT2D eigenvalue weighted by Gasteiger charge is 2.22. The van der Waals surface area contributed by atoms with Crippen molar-refractivity contribution in [2.24, 2.45) is 0 Å². The highest BCUT2D eigenvalue weighted by atomic mass is 16.7. The smallest absolute Gasteiger partial charge is 0.349 e. The van der Waals surface area contributed by atoms with Gasteiger partial charge >= 0.3 is 17.9 Å². The van der Waals surface area contributed by atoms with E-state index in [1.807, 2.05) is 0 Å². The maximum atomic E-state index is 11.0. The zero-order chi connectivity index (χ0) is 16.5. The van der Waals surface area contributed by atoms with E-state index in [-0.39, 0.29) is 5.48 Å². The number of aliphatic hydroxyl groups is 3. The molecule has 126 valence electrons. The van der Waals surface area contributed by atoms with E-state index in [4.69, 9.17) is 20.4 Å². The summed E-state index contributed by atoms with van der Waals surface area (Å²) < 4.78 is 8.85. The number of carboxylic acid groups (broad SMARTS) is 1. The van der Waals surface area contributed by atoms with E-state index in [1.165, 1.54) is 27.7 Å². The van der Waals surface area contributed by atoms with Gasteiger partial charge in [0.05, 0.1) is 0 Å². The highest BCUT2D eigenvalue weighted by Crippen LogP contribution is 1.99. The monoisotopic (exact) mass is 314 g/mol. The standard InChI is InChI=1S/C8H14O6.C3H6O3.H2O/c1-4(9)7(11)13-5(2)8(12)14-6(3)10;1-2(4)3(5)6;/h4-6,9-10H,1-3H3;2,4H,1H3,(H,5,6);1H2. The second-order valence-electron chi connectivity index (χ2n) is 3.81. The molecule has 4 atom stereocenters. The fraction of sp³-hybridized carbons (Fsp3) is 0.727. The summed E-state index contributed by atoms with van der Waals surface area (Å²) in [6.07, 6.45) is -4.93. The molecule has 0 aliphatic heterocycles. The Kier molecular flexibility index (Phi) is 13.9. The molecule has 0 aliphatic carbocycles. The Morgan fingerprint density at radius 3 is 1.43 bits per heavy atom. The van der Waals surface area contributed by atoms with Crippen LogP contribution in [0.4, 0.5) is 0 Å². The highest BCUT2D eigenvalue weighted by molar-refractivity contribution is 5.80. The molecule has 0 saturated carbocycles. The molecule has 0 heterocycles. The lowest BCUT2D eigenvalue weighted by atomic mass is 10.4. The lowest BCUT2D eigenvalue weighted by molar-refractivity contribution is -0.184. The number of carbonyl (C=O) groups is 3. The van der Waals surface area contributed by atoms with Gasteiger partial charge in [0.2, 0.25) is 0 Å². The van der Waals surface area contributed by atoms with Gasteiger partial charge in [0, 0.05) is 0 Å². The fourth-order valence-electron chi connectivity index (χ4n) is 0.585. The molecule has 0 aliphatic rings. The maximum absolute atomic E-state index is 11.0. The van der Waals surface area contributed by atoms with E-state index in [0.29, 0.717) is 0 Å². The summed E-state index contributed by atoms with van der Waals surface area (Å²) >= 11 is 0. The molecule has 0 amide bonds. The van der Waals surface area contributed by atoms with E-state index in [1.54, 1.807) is 0 Å². The van der Waals surface area contributed by atoms with Crippen molar-refractivity contribution in [2.45, 2.75) is 52.3 Å². The first-order valence-electron chi connectivity index (χ1n) is 5.67. The normalized spacial score (nSPS) is 15.0. The van der Waals surface area contributed by atoms with Gasteiger partial charge in [0.25, 0.3) is 0 Å². The Morgan fingerprint density at radius 2 is 1.19 bits per heavy atom. The zero-order valence-corrected chi connectivity index (χ0v) is 12.1. The van der Waals surface area contributed by atoms with Crippen LogP contribution in [0.25, 0.3) is 0 Å². The summed E-state index contributed by atoms with van der Waals surface area (Å²) in [6, 6.07) is 0. The summed E-state index contributed by atoms with van der Waals surface area (Å²) in [5, 5.41) is 33.2. The van der Waals surface area contributed by atoms with Gasteiger partial charge in [-0.25, -0.2) is 14.4 Å². The van der Waals surface area contributed by atoms with Gasteiger partial charge in [-0.1, -0.05) is 0 Å². The number of hydrogen-bond donors (Lipinski definition) is 4. The van der Waals surface area contributed by atoms with E-state index >= 15 is 0 Å². The Hall–Kier alpha value is -1.75. The van der Waals surface area contributed by atoms with Crippen molar-refractivity contribution < 1.29 is 49.8 Å². The van der Waals surface area contributed by atoms with Crippen LogP contribution in [-0.4, -0.2) is 68.4 Å². The first-order valence-corrected chi connectivity index (χ1v) is 5.67. The number of aliphatic carboxylic acids is 1. The average Bonchev–Trinajstić information content (AvgIpc) is 2.28. The van der Waals surface area contributed by atoms with Crippen LogP contribution in [0.1, 0.15) is 27.7 Å². The van der Waals surface area contributed by atoms with Gasteiger partial charge in [-0.2, -0.15) is 0 Å². The molecule has 0 spiro atoms. The van der Waals surface area contributed by atoms with Crippen LogP contribution < -0.4 is 0 Å². The minimum Gasteiger partial charge on any atom is -0.479 e. The second-order valence-corrected chi connectivity index (χ2v) is 3.81. The maximum Gasteiger partial charge on any atom is 0.349 e. The number of esters is 2. The number of ether oxygens (including phenoxy) is 2. The van der Waals surface area contributed by atoms with Crippen LogP contribution in [0.2, 0.25) is 0 Å². The lowest BCUT2D eigenvalue weighted by Crippen LogP contribution is -2.32. The predicted octanol–water partition coefficient (Wildman–Crippen LogP) is -2.19. The molecule has 0 radical (unpaired) electrons. The van der Waals surface area contributed by atoms with Crippen LogP contribution >= 0.6 is 0 Å². The SMILES string of the molecule is CC(O)C(=O)O.CC(O)OC(=O)C(C)OC(=O)C(C)O.O. The molecule has 21 heavy (non-hydrogen) atoms. The molecular weight excluding hydrogens is 292 g/mol. The van der Waals surface area contributed by atoms with Crippen molar-refractivity contribution in [1.82, 2.24) is 0 Å². The van der Waals surface area contributed by atoms with E-state index < -0.39 is 42.5 Å². The molecule has 0 rings (SSSR count).